The van der Waals surface area contributed by atoms with Crippen molar-refractivity contribution in [3.8, 4) is 5.75 Å². The second-order valence-electron chi connectivity index (χ2n) is 5.29. The lowest BCUT2D eigenvalue weighted by atomic mass is 9.97. The first-order valence-corrected chi connectivity index (χ1v) is 10.3. The quantitative estimate of drug-likeness (QED) is 0.647. The molecule has 0 bridgehead atoms. The van der Waals surface area contributed by atoms with Crippen LogP contribution in [0.1, 0.15) is 43.1 Å². The van der Waals surface area contributed by atoms with Crippen LogP contribution in [0.15, 0.2) is 18.2 Å². The molecule has 0 unspecified atom stereocenters. The summed E-state index contributed by atoms with van der Waals surface area (Å²) in [5, 5.41) is 0. The molecule has 0 aromatic heterocycles. The standard InChI is InChI=1S/C17H26O5Si/c1-4-20-23(21-5-2,22-6-3)13-11-14-8-7-9-16-17(14)15(18)10-12-19-16/h7-9H,4-6,10-13H2,1-3H3. The summed E-state index contributed by atoms with van der Waals surface area (Å²) < 4.78 is 23.2. The molecule has 128 valence electrons. The smallest absolute Gasteiger partial charge is 0.492 e. The van der Waals surface area contributed by atoms with Crippen LogP contribution in [0.3, 0.4) is 0 Å². The van der Waals surface area contributed by atoms with Crippen LogP contribution in [0.2, 0.25) is 6.04 Å². The molecule has 0 radical (unpaired) electrons. The van der Waals surface area contributed by atoms with Crippen LogP contribution >= 0.6 is 0 Å². The summed E-state index contributed by atoms with van der Waals surface area (Å²) in [5.74, 6) is 0.841. The van der Waals surface area contributed by atoms with Gasteiger partial charge in [-0.05, 0) is 38.8 Å². The number of ketones is 1. The van der Waals surface area contributed by atoms with E-state index in [9.17, 15) is 4.79 Å². The molecular formula is C17H26O5Si. The Bertz CT molecular complexity index is 515. The molecule has 1 aromatic carbocycles. The van der Waals surface area contributed by atoms with Crippen LogP contribution in [0, 0.1) is 0 Å². The third kappa shape index (κ3) is 4.41. The zero-order chi connectivity index (χ0) is 16.7. The third-order valence-corrected chi connectivity index (χ3v) is 6.82. The van der Waals surface area contributed by atoms with Crippen molar-refractivity contribution in [1.29, 1.82) is 0 Å². The van der Waals surface area contributed by atoms with Crippen molar-refractivity contribution in [1.82, 2.24) is 0 Å². The van der Waals surface area contributed by atoms with Gasteiger partial charge in [-0.3, -0.25) is 4.79 Å². The lowest BCUT2D eigenvalue weighted by Gasteiger charge is -2.29. The number of hydrogen-bond donors (Lipinski definition) is 0. The molecule has 5 nitrogen and oxygen atoms in total. The molecule has 0 spiro atoms. The van der Waals surface area contributed by atoms with Gasteiger partial charge in [0.05, 0.1) is 12.2 Å². The fourth-order valence-corrected chi connectivity index (χ4v) is 5.47. The molecule has 23 heavy (non-hydrogen) atoms. The third-order valence-electron chi connectivity index (χ3n) is 3.77. The van der Waals surface area contributed by atoms with Gasteiger partial charge in [0.1, 0.15) is 5.75 Å². The second kappa shape index (κ2) is 8.59. The van der Waals surface area contributed by atoms with E-state index in [0.717, 1.165) is 5.56 Å². The zero-order valence-corrected chi connectivity index (χ0v) is 15.2. The van der Waals surface area contributed by atoms with Crippen LogP contribution < -0.4 is 4.74 Å². The normalized spacial score (nSPS) is 14.5. The molecule has 1 aliphatic heterocycles. The predicted octanol–water partition coefficient (Wildman–Crippen LogP) is 3.24. The highest BCUT2D eigenvalue weighted by Crippen LogP contribution is 2.30. The van der Waals surface area contributed by atoms with Gasteiger partial charge in [-0.25, -0.2) is 0 Å². The highest BCUT2D eigenvalue weighted by molar-refractivity contribution is 6.60. The minimum atomic E-state index is -2.70. The number of benzene rings is 1. The van der Waals surface area contributed by atoms with Crippen molar-refractivity contribution >= 4 is 14.6 Å². The average Bonchev–Trinajstić information content (AvgIpc) is 2.54. The van der Waals surface area contributed by atoms with Crippen molar-refractivity contribution in [2.24, 2.45) is 0 Å². The first kappa shape index (κ1) is 18.1. The van der Waals surface area contributed by atoms with Gasteiger partial charge in [-0.1, -0.05) is 12.1 Å². The van der Waals surface area contributed by atoms with Crippen molar-refractivity contribution < 1.29 is 22.8 Å². The zero-order valence-electron chi connectivity index (χ0n) is 14.2. The van der Waals surface area contributed by atoms with Gasteiger partial charge >= 0.3 is 8.80 Å². The minimum Gasteiger partial charge on any atom is -0.492 e. The first-order valence-electron chi connectivity index (χ1n) is 8.35. The average molecular weight is 338 g/mol. The Balaban J connectivity index is 2.19. The van der Waals surface area contributed by atoms with Crippen LogP contribution in [-0.2, 0) is 19.7 Å². The second-order valence-corrected chi connectivity index (χ2v) is 8.03. The Labute approximate surface area is 139 Å². The number of rotatable bonds is 9. The topological polar surface area (TPSA) is 54.0 Å². The van der Waals surface area contributed by atoms with E-state index in [1.54, 1.807) is 0 Å². The number of carbonyl (C=O) groups excluding carboxylic acids is 1. The van der Waals surface area contributed by atoms with Crippen LogP contribution in [0.4, 0.5) is 0 Å². The Kier molecular flexibility index (Phi) is 6.77. The van der Waals surface area contributed by atoms with E-state index in [2.05, 4.69) is 0 Å². The molecule has 1 aromatic rings. The Morgan fingerprint density at radius 3 is 2.35 bits per heavy atom. The molecule has 0 atom stereocenters. The molecule has 0 aliphatic carbocycles. The summed E-state index contributed by atoms with van der Waals surface area (Å²) in [4.78, 5) is 12.2. The van der Waals surface area contributed by atoms with E-state index in [1.165, 1.54) is 0 Å². The number of hydrogen-bond acceptors (Lipinski definition) is 5. The van der Waals surface area contributed by atoms with Crippen LogP contribution in [-0.4, -0.2) is 41.0 Å². The molecule has 2 rings (SSSR count). The van der Waals surface area contributed by atoms with Gasteiger partial charge in [-0.15, -0.1) is 0 Å². The highest BCUT2D eigenvalue weighted by atomic mass is 28.4. The molecule has 0 saturated heterocycles. The van der Waals surface area contributed by atoms with Gasteiger partial charge in [-0.2, -0.15) is 0 Å². The molecule has 1 heterocycles. The molecule has 0 N–H and O–H groups in total. The lowest BCUT2D eigenvalue weighted by molar-refractivity contribution is 0.0712. The van der Waals surface area contributed by atoms with E-state index >= 15 is 0 Å². The monoisotopic (exact) mass is 338 g/mol. The number of fused-ring (bicyclic) bond motifs is 1. The number of carbonyl (C=O) groups is 1. The summed E-state index contributed by atoms with van der Waals surface area (Å²) in [7, 11) is -2.70. The fraction of sp³-hybridized carbons (Fsp3) is 0.588. The summed E-state index contributed by atoms with van der Waals surface area (Å²) in [5.41, 5.74) is 1.70. The summed E-state index contributed by atoms with van der Waals surface area (Å²) >= 11 is 0. The molecule has 0 fully saturated rings. The summed E-state index contributed by atoms with van der Waals surface area (Å²) in [6, 6.07) is 6.42. The molecular weight excluding hydrogens is 312 g/mol. The van der Waals surface area contributed by atoms with E-state index in [0.29, 0.717) is 56.6 Å². The van der Waals surface area contributed by atoms with Crippen molar-refractivity contribution in [2.75, 3.05) is 26.4 Å². The van der Waals surface area contributed by atoms with Gasteiger partial charge < -0.3 is 18.0 Å². The number of aryl methyl sites for hydroxylation is 1. The van der Waals surface area contributed by atoms with Crippen molar-refractivity contribution in [2.45, 2.75) is 39.7 Å². The van der Waals surface area contributed by atoms with E-state index in [1.807, 2.05) is 39.0 Å². The lowest BCUT2D eigenvalue weighted by Crippen LogP contribution is -2.46. The first-order chi connectivity index (χ1) is 11.2. The Morgan fingerprint density at radius 1 is 1.09 bits per heavy atom. The van der Waals surface area contributed by atoms with Gasteiger partial charge in [0, 0.05) is 32.3 Å². The van der Waals surface area contributed by atoms with Gasteiger partial charge in [0.25, 0.3) is 0 Å². The summed E-state index contributed by atoms with van der Waals surface area (Å²) in [6.45, 7) is 7.97. The van der Waals surface area contributed by atoms with E-state index in [4.69, 9.17) is 18.0 Å². The van der Waals surface area contributed by atoms with Crippen LogP contribution in [0.5, 0.6) is 5.75 Å². The minimum absolute atomic E-state index is 0.151. The number of ether oxygens (including phenoxy) is 1. The van der Waals surface area contributed by atoms with Gasteiger partial charge in [0.15, 0.2) is 5.78 Å². The van der Waals surface area contributed by atoms with E-state index < -0.39 is 8.80 Å². The maximum atomic E-state index is 12.2. The van der Waals surface area contributed by atoms with Crippen molar-refractivity contribution in [3.05, 3.63) is 29.3 Å². The largest absolute Gasteiger partial charge is 0.501 e. The molecule has 1 aliphatic rings. The maximum Gasteiger partial charge on any atom is 0.501 e. The summed E-state index contributed by atoms with van der Waals surface area (Å²) in [6.07, 6.45) is 1.12. The van der Waals surface area contributed by atoms with Gasteiger partial charge in [0.2, 0.25) is 0 Å². The van der Waals surface area contributed by atoms with E-state index in [-0.39, 0.29) is 5.78 Å². The fourth-order valence-electron chi connectivity index (χ4n) is 2.89. The number of Topliss-reactive ketones (excluding diaryl/α,β-unsaturated/α-hetero) is 1. The Morgan fingerprint density at radius 2 is 1.74 bits per heavy atom. The van der Waals surface area contributed by atoms with Crippen molar-refractivity contribution in [3.63, 3.8) is 0 Å². The highest BCUT2D eigenvalue weighted by Gasteiger charge is 2.40. The molecule has 0 amide bonds. The predicted molar refractivity (Wildman–Crippen MR) is 90.0 cm³/mol. The molecule has 6 heteroatoms. The van der Waals surface area contributed by atoms with Crippen LogP contribution in [0.25, 0.3) is 0 Å². The molecule has 0 saturated carbocycles. The SMILES string of the molecule is CCO[Si](CCc1cccc2c1C(=O)CCO2)(OCC)OCC. The maximum absolute atomic E-state index is 12.2. The Hall–Kier alpha value is -1.21.